The summed E-state index contributed by atoms with van der Waals surface area (Å²) in [4.78, 5) is 0. The fourth-order valence-electron chi connectivity index (χ4n) is 0.958. The first-order valence-electron chi connectivity index (χ1n) is 4.03. The van der Waals surface area contributed by atoms with Gasteiger partial charge in [0.1, 0.15) is 5.82 Å². The van der Waals surface area contributed by atoms with E-state index in [0.717, 1.165) is 38.1 Å². The van der Waals surface area contributed by atoms with Crippen molar-refractivity contribution < 1.29 is 4.74 Å². The highest BCUT2D eigenvalue weighted by molar-refractivity contribution is 4.74. The van der Waals surface area contributed by atoms with Crippen molar-refractivity contribution in [2.45, 2.75) is 25.7 Å². The summed E-state index contributed by atoms with van der Waals surface area (Å²) in [5.41, 5.74) is 0. The average molecular weight is 169 g/mol. The molecule has 0 bridgehead atoms. The number of aromatic amines is 1. The molecule has 1 N–H and O–H groups in total. The number of hydrogen-bond donors (Lipinski definition) is 1. The van der Waals surface area contributed by atoms with Crippen molar-refractivity contribution in [3.8, 4) is 0 Å². The number of rotatable bonds is 6. The van der Waals surface area contributed by atoms with Crippen molar-refractivity contribution in [1.29, 1.82) is 0 Å². The summed E-state index contributed by atoms with van der Waals surface area (Å²) in [6.45, 7) is 0.731. The van der Waals surface area contributed by atoms with Gasteiger partial charge < -0.3 is 4.74 Å². The van der Waals surface area contributed by atoms with Crippen LogP contribution in [0.25, 0.3) is 0 Å². The molecule has 0 aromatic carbocycles. The number of aryl methyl sites for hydroxylation is 1. The molecule has 0 saturated heterocycles. The van der Waals surface area contributed by atoms with Crippen LogP contribution in [-0.4, -0.2) is 27.2 Å². The summed E-state index contributed by atoms with van der Waals surface area (Å²) in [5, 5.41) is 13.4. The summed E-state index contributed by atoms with van der Waals surface area (Å²) in [5.74, 6) is 0.852. The van der Waals surface area contributed by atoms with Crippen molar-refractivity contribution in [1.82, 2.24) is 20.6 Å². The zero-order valence-electron chi connectivity index (χ0n) is 6.99. The van der Waals surface area contributed by atoms with E-state index in [4.69, 9.17) is 0 Å². The number of nitrogens with one attached hydrogen (secondary N) is 1. The van der Waals surface area contributed by atoms with Crippen molar-refractivity contribution in [3.05, 3.63) is 12.9 Å². The van der Waals surface area contributed by atoms with E-state index in [1.807, 2.05) is 0 Å². The number of aromatic nitrogens is 4. The first-order valence-corrected chi connectivity index (χ1v) is 4.03. The third-order valence-electron chi connectivity index (χ3n) is 1.59. The highest BCUT2D eigenvalue weighted by atomic mass is 16.5. The van der Waals surface area contributed by atoms with E-state index in [0.29, 0.717) is 0 Å². The predicted octanol–water partition coefficient (Wildman–Crippen LogP) is 0.721. The topological polar surface area (TPSA) is 63.7 Å². The van der Waals surface area contributed by atoms with Crippen LogP contribution in [0.1, 0.15) is 25.1 Å². The minimum Gasteiger partial charge on any atom is -0.379 e. The Morgan fingerprint density at radius 2 is 2.25 bits per heavy atom. The summed E-state index contributed by atoms with van der Waals surface area (Å²) in [6.07, 6.45) is 4.16. The van der Waals surface area contributed by atoms with Crippen LogP contribution in [0.4, 0.5) is 0 Å². The van der Waals surface area contributed by atoms with Crippen LogP contribution in [0.3, 0.4) is 0 Å². The second-order valence-corrected chi connectivity index (χ2v) is 2.57. The Morgan fingerprint density at radius 3 is 2.92 bits per heavy atom. The van der Waals surface area contributed by atoms with Gasteiger partial charge in [0.2, 0.25) is 0 Å². The molecule has 0 unspecified atom stereocenters. The van der Waals surface area contributed by atoms with Crippen LogP contribution in [0.5, 0.6) is 0 Å². The molecule has 1 aromatic rings. The van der Waals surface area contributed by atoms with E-state index >= 15 is 0 Å². The maximum absolute atomic E-state index is 4.68. The molecule has 5 nitrogen and oxygen atoms in total. The van der Waals surface area contributed by atoms with Crippen LogP contribution < -0.4 is 0 Å². The highest BCUT2D eigenvalue weighted by Crippen LogP contribution is 2.00. The lowest BCUT2D eigenvalue weighted by atomic mass is 10.2. The molecular weight excluding hydrogens is 156 g/mol. The fraction of sp³-hybridized carbons (Fsp3) is 0.714. The van der Waals surface area contributed by atoms with Gasteiger partial charge >= 0.3 is 0 Å². The molecule has 12 heavy (non-hydrogen) atoms. The molecular formula is C7H13N4O. The molecule has 0 aliphatic heterocycles. The Bertz CT molecular complexity index is 187. The normalized spacial score (nSPS) is 10.4. The monoisotopic (exact) mass is 169 g/mol. The first kappa shape index (κ1) is 9.12. The molecule has 0 spiro atoms. The maximum Gasteiger partial charge on any atom is 0.148 e. The van der Waals surface area contributed by atoms with Gasteiger partial charge in [0, 0.05) is 13.0 Å². The summed E-state index contributed by atoms with van der Waals surface area (Å²) in [6, 6.07) is 0. The van der Waals surface area contributed by atoms with Gasteiger partial charge in [-0.1, -0.05) is 6.42 Å². The lowest BCUT2D eigenvalue weighted by molar-refractivity contribution is 0.234. The molecule has 0 aliphatic carbocycles. The van der Waals surface area contributed by atoms with E-state index in [1.54, 1.807) is 0 Å². The van der Waals surface area contributed by atoms with Crippen LogP contribution in [0.15, 0.2) is 0 Å². The van der Waals surface area contributed by atoms with E-state index < -0.39 is 0 Å². The standard InChI is InChI=1S/C7H13N4O/c1-12-6-4-2-3-5-7-8-10-11-9-7/h1-6H2,(H,8,9,10,11). The lowest BCUT2D eigenvalue weighted by Crippen LogP contribution is -1.91. The van der Waals surface area contributed by atoms with Crippen LogP contribution in [0.2, 0.25) is 0 Å². The molecule has 1 rings (SSSR count). The Balaban J connectivity index is 1.96. The number of unbranched alkanes of at least 4 members (excludes halogenated alkanes) is 2. The van der Waals surface area contributed by atoms with Crippen LogP contribution in [-0.2, 0) is 11.2 Å². The molecule has 67 valence electrons. The predicted molar refractivity (Wildman–Crippen MR) is 43.0 cm³/mol. The van der Waals surface area contributed by atoms with Gasteiger partial charge in [-0.05, 0) is 23.3 Å². The number of ether oxygens (including phenoxy) is 1. The molecule has 0 aliphatic rings. The Morgan fingerprint density at radius 1 is 1.33 bits per heavy atom. The molecule has 5 heteroatoms. The molecule has 0 amide bonds. The van der Waals surface area contributed by atoms with Gasteiger partial charge in [-0.2, -0.15) is 0 Å². The van der Waals surface area contributed by atoms with Gasteiger partial charge in [0.15, 0.2) is 0 Å². The van der Waals surface area contributed by atoms with Crippen LogP contribution in [0, 0.1) is 7.11 Å². The molecule has 1 aromatic heterocycles. The largest absolute Gasteiger partial charge is 0.379 e. The van der Waals surface area contributed by atoms with Gasteiger partial charge in [0.05, 0.1) is 7.11 Å². The number of H-pyrrole nitrogens is 1. The number of hydrogen-bond acceptors (Lipinski definition) is 4. The molecule has 0 saturated carbocycles. The van der Waals surface area contributed by atoms with Crippen LogP contribution >= 0.6 is 0 Å². The maximum atomic E-state index is 4.68. The van der Waals surface area contributed by atoms with Crippen molar-refractivity contribution in [2.75, 3.05) is 6.61 Å². The number of tetrazole rings is 1. The zero-order valence-corrected chi connectivity index (χ0v) is 6.99. The third kappa shape index (κ3) is 3.43. The third-order valence-corrected chi connectivity index (χ3v) is 1.59. The SMILES string of the molecule is [CH2]OCCCCCc1nnn[nH]1. The van der Waals surface area contributed by atoms with Crippen molar-refractivity contribution in [3.63, 3.8) is 0 Å². The fourth-order valence-corrected chi connectivity index (χ4v) is 0.958. The minimum atomic E-state index is 0.731. The number of nitrogens with zero attached hydrogens (tertiary/aromatic N) is 3. The summed E-state index contributed by atoms with van der Waals surface area (Å²) in [7, 11) is 3.29. The van der Waals surface area contributed by atoms with E-state index in [-0.39, 0.29) is 0 Å². The molecule has 0 fully saturated rings. The first-order chi connectivity index (χ1) is 5.93. The summed E-state index contributed by atoms with van der Waals surface area (Å²) >= 11 is 0. The Hall–Kier alpha value is -0.970. The average Bonchev–Trinajstić information content (AvgIpc) is 2.57. The zero-order chi connectivity index (χ0) is 8.65. The molecule has 0 atom stereocenters. The molecule has 1 radical (unpaired) electrons. The second-order valence-electron chi connectivity index (χ2n) is 2.57. The minimum absolute atomic E-state index is 0.731. The van der Waals surface area contributed by atoms with Crippen molar-refractivity contribution in [2.24, 2.45) is 0 Å². The quantitative estimate of drug-likeness (QED) is 0.637. The van der Waals surface area contributed by atoms with Gasteiger partial charge in [-0.15, -0.1) is 5.10 Å². The van der Waals surface area contributed by atoms with Gasteiger partial charge in [-0.3, -0.25) is 0 Å². The summed E-state index contributed by atoms with van der Waals surface area (Å²) < 4.78 is 4.68. The van der Waals surface area contributed by atoms with E-state index in [2.05, 4.69) is 32.5 Å². The van der Waals surface area contributed by atoms with Gasteiger partial charge in [-0.25, -0.2) is 5.10 Å². The lowest BCUT2D eigenvalue weighted by Gasteiger charge is -1.96. The smallest absolute Gasteiger partial charge is 0.148 e. The Kier molecular flexibility index (Phi) is 4.30. The van der Waals surface area contributed by atoms with Gasteiger partial charge in [0.25, 0.3) is 0 Å². The second kappa shape index (κ2) is 5.65. The van der Waals surface area contributed by atoms with Crippen molar-refractivity contribution >= 4 is 0 Å². The highest BCUT2D eigenvalue weighted by Gasteiger charge is 1.95. The van der Waals surface area contributed by atoms with E-state index in [9.17, 15) is 0 Å². The van der Waals surface area contributed by atoms with E-state index in [1.165, 1.54) is 0 Å². The molecule has 1 heterocycles. The Labute approximate surface area is 71.5 Å².